The lowest BCUT2D eigenvalue weighted by molar-refractivity contribution is -0.120. The summed E-state index contributed by atoms with van der Waals surface area (Å²) in [6, 6.07) is 6.30. The van der Waals surface area contributed by atoms with Crippen LogP contribution in [0.25, 0.3) is 0 Å². The van der Waals surface area contributed by atoms with E-state index in [1.807, 2.05) is 0 Å². The molecule has 7 heteroatoms. The molecule has 116 valence electrons. The van der Waals surface area contributed by atoms with Gasteiger partial charge in [0, 0.05) is 12.6 Å². The van der Waals surface area contributed by atoms with Gasteiger partial charge in [-0.05, 0) is 24.5 Å². The second-order valence-corrected chi connectivity index (χ2v) is 7.40. The monoisotopic (exact) mass is 314 g/mol. The van der Waals surface area contributed by atoms with E-state index in [2.05, 4.69) is 10.6 Å². The second-order valence-electron chi connectivity index (χ2n) is 5.17. The van der Waals surface area contributed by atoms with Gasteiger partial charge in [-0.15, -0.1) is 0 Å². The Morgan fingerprint density at radius 1 is 1.33 bits per heavy atom. The van der Waals surface area contributed by atoms with Gasteiger partial charge in [0.2, 0.25) is 5.91 Å². The van der Waals surface area contributed by atoms with Gasteiger partial charge in [0.15, 0.2) is 9.84 Å². The molecule has 1 aliphatic rings. The number of hydrogen-bond donors (Lipinski definition) is 2. The van der Waals surface area contributed by atoms with Crippen molar-refractivity contribution < 1.29 is 17.6 Å². The number of rotatable bonds is 6. The molecule has 0 bridgehead atoms. The fourth-order valence-corrected chi connectivity index (χ4v) is 4.00. The number of sulfone groups is 1. The molecule has 1 atom stereocenters. The number of amides is 1. The minimum atomic E-state index is -2.94. The third kappa shape index (κ3) is 5.09. The van der Waals surface area contributed by atoms with Gasteiger partial charge in [0.05, 0.1) is 18.1 Å². The number of halogens is 1. The van der Waals surface area contributed by atoms with Crippen molar-refractivity contribution in [1.29, 1.82) is 0 Å². The summed E-state index contributed by atoms with van der Waals surface area (Å²) in [6.45, 7) is 0.432. The molecule has 0 aromatic heterocycles. The molecule has 0 spiro atoms. The maximum atomic E-state index is 13.4. The number of benzene rings is 1. The minimum Gasteiger partial charge on any atom is -0.355 e. The third-order valence-corrected chi connectivity index (χ3v) is 5.23. The molecule has 2 rings (SSSR count). The van der Waals surface area contributed by atoms with Gasteiger partial charge in [-0.3, -0.25) is 4.79 Å². The lowest BCUT2D eigenvalue weighted by atomic mass is 10.1. The summed E-state index contributed by atoms with van der Waals surface area (Å²) in [5, 5.41) is 5.62. The number of nitrogens with one attached hydrogen (secondary N) is 2. The van der Waals surface area contributed by atoms with Crippen LogP contribution >= 0.6 is 0 Å². The highest BCUT2D eigenvalue weighted by Crippen LogP contribution is 2.10. The molecule has 0 radical (unpaired) electrons. The van der Waals surface area contributed by atoms with Crippen molar-refractivity contribution in [3.05, 3.63) is 35.6 Å². The fraction of sp³-hybridized carbons (Fsp3) is 0.500. The van der Waals surface area contributed by atoms with Gasteiger partial charge in [-0.1, -0.05) is 18.2 Å². The first-order chi connectivity index (χ1) is 9.96. The summed E-state index contributed by atoms with van der Waals surface area (Å²) in [4.78, 5) is 11.6. The van der Waals surface area contributed by atoms with Crippen LogP contribution in [-0.2, 0) is 21.1 Å². The van der Waals surface area contributed by atoms with Crippen LogP contribution in [0.3, 0.4) is 0 Å². The Labute approximate surface area is 123 Å². The molecule has 1 aromatic carbocycles. The van der Waals surface area contributed by atoms with E-state index in [-0.39, 0.29) is 35.8 Å². The summed E-state index contributed by atoms with van der Waals surface area (Å²) in [6.07, 6.45) is 0.973. The van der Waals surface area contributed by atoms with Crippen molar-refractivity contribution in [2.75, 3.05) is 24.6 Å². The number of hydrogen-bond acceptors (Lipinski definition) is 4. The molecule has 0 saturated carbocycles. The lowest BCUT2D eigenvalue weighted by Gasteiger charge is -2.11. The van der Waals surface area contributed by atoms with Crippen LogP contribution in [0.4, 0.5) is 4.39 Å². The molecule has 1 aliphatic heterocycles. The highest BCUT2D eigenvalue weighted by Gasteiger charge is 2.27. The third-order valence-electron chi connectivity index (χ3n) is 3.46. The number of carbonyl (C=O) groups is 1. The molecular weight excluding hydrogens is 295 g/mol. The Hall–Kier alpha value is -1.47. The first kappa shape index (κ1) is 15.9. The first-order valence-corrected chi connectivity index (χ1v) is 8.72. The molecule has 1 unspecified atom stereocenters. The van der Waals surface area contributed by atoms with E-state index >= 15 is 0 Å². The van der Waals surface area contributed by atoms with Crippen LogP contribution in [0.15, 0.2) is 24.3 Å². The van der Waals surface area contributed by atoms with Crippen molar-refractivity contribution in [2.45, 2.75) is 18.9 Å². The molecule has 1 fully saturated rings. The van der Waals surface area contributed by atoms with E-state index in [9.17, 15) is 17.6 Å². The van der Waals surface area contributed by atoms with Crippen LogP contribution in [-0.4, -0.2) is 45.0 Å². The van der Waals surface area contributed by atoms with Crippen LogP contribution in [0.1, 0.15) is 12.0 Å². The van der Waals surface area contributed by atoms with Crippen LogP contribution in [0.5, 0.6) is 0 Å². The summed E-state index contributed by atoms with van der Waals surface area (Å²) in [5.41, 5.74) is 0.563. The van der Waals surface area contributed by atoms with Gasteiger partial charge in [0.25, 0.3) is 0 Å². The standard InChI is InChI=1S/C14H19FN2O3S/c15-13-4-2-1-3-11(13)5-7-16-14(18)9-17-12-6-8-21(19,20)10-12/h1-4,12,17H,5-10H2,(H,16,18). The van der Waals surface area contributed by atoms with Crippen LogP contribution < -0.4 is 10.6 Å². The maximum Gasteiger partial charge on any atom is 0.233 e. The van der Waals surface area contributed by atoms with E-state index in [0.29, 0.717) is 24.9 Å². The van der Waals surface area contributed by atoms with Crippen molar-refractivity contribution >= 4 is 15.7 Å². The van der Waals surface area contributed by atoms with Crippen LogP contribution in [0, 0.1) is 5.82 Å². The van der Waals surface area contributed by atoms with E-state index in [4.69, 9.17) is 0 Å². The molecular formula is C14H19FN2O3S. The Morgan fingerprint density at radius 3 is 2.76 bits per heavy atom. The average Bonchev–Trinajstić information content (AvgIpc) is 2.78. The second kappa shape index (κ2) is 7.00. The molecule has 0 aliphatic carbocycles. The van der Waals surface area contributed by atoms with Crippen molar-refractivity contribution in [3.63, 3.8) is 0 Å². The largest absolute Gasteiger partial charge is 0.355 e. The highest BCUT2D eigenvalue weighted by molar-refractivity contribution is 7.91. The Bertz CT molecular complexity index is 604. The predicted molar refractivity (Wildman–Crippen MR) is 78.2 cm³/mol. The predicted octanol–water partition coefficient (Wildman–Crippen LogP) is 0.261. The first-order valence-electron chi connectivity index (χ1n) is 6.90. The van der Waals surface area contributed by atoms with Gasteiger partial charge < -0.3 is 10.6 Å². The van der Waals surface area contributed by atoms with Crippen molar-refractivity contribution in [1.82, 2.24) is 10.6 Å². The van der Waals surface area contributed by atoms with Crippen LogP contribution in [0.2, 0.25) is 0 Å². The molecule has 1 heterocycles. The molecule has 5 nitrogen and oxygen atoms in total. The van der Waals surface area contributed by atoms with Crippen molar-refractivity contribution in [3.8, 4) is 0 Å². The summed E-state index contributed by atoms with van der Waals surface area (Å²) in [5.74, 6) is -0.216. The Morgan fingerprint density at radius 2 is 2.10 bits per heavy atom. The topological polar surface area (TPSA) is 75.3 Å². The average molecular weight is 314 g/mol. The van der Waals surface area contributed by atoms with Gasteiger partial charge in [-0.25, -0.2) is 12.8 Å². The van der Waals surface area contributed by atoms with Gasteiger partial charge >= 0.3 is 0 Å². The van der Waals surface area contributed by atoms with E-state index in [1.54, 1.807) is 18.2 Å². The normalized spacial score (nSPS) is 20.3. The SMILES string of the molecule is O=C(CNC1CCS(=O)(=O)C1)NCCc1ccccc1F. The molecule has 1 amide bonds. The zero-order valence-electron chi connectivity index (χ0n) is 11.6. The maximum absolute atomic E-state index is 13.4. The molecule has 21 heavy (non-hydrogen) atoms. The molecule has 2 N–H and O–H groups in total. The van der Waals surface area contributed by atoms with Gasteiger partial charge in [0.1, 0.15) is 5.82 Å². The number of carbonyl (C=O) groups excluding carboxylic acids is 1. The van der Waals surface area contributed by atoms with E-state index in [1.165, 1.54) is 6.07 Å². The zero-order valence-corrected chi connectivity index (χ0v) is 12.5. The van der Waals surface area contributed by atoms with E-state index in [0.717, 1.165) is 0 Å². The molecule has 1 aromatic rings. The summed E-state index contributed by atoms with van der Waals surface area (Å²) in [7, 11) is -2.94. The van der Waals surface area contributed by atoms with Gasteiger partial charge in [-0.2, -0.15) is 0 Å². The smallest absolute Gasteiger partial charge is 0.233 e. The Kier molecular flexibility index (Phi) is 5.30. The quantitative estimate of drug-likeness (QED) is 0.790. The lowest BCUT2D eigenvalue weighted by Crippen LogP contribution is -2.40. The summed E-state index contributed by atoms with van der Waals surface area (Å²) >= 11 is 0. The summed E-state index contributed by atoms with van der Waals surface area (Å²) < 4.78 is 35.9. The van der Waals surface area contributed by atoms with E-state index < -0.39 is 9.84 Å². The highest BCUT2D eigenvalue weighted by atomic mass is 32.2. The molecule has 1 saturated heterocycles. The minimum absolute atomic E-state index is 0.0808. The Balaban J connectivity index is 1.65. The van der Waals surface area contributed by atoms with Crippen molar-refractivity contribution in [2.24, 2.45) is 0 Å². The fourth-order valence-electron chi connectivity index (χ4n) is 2.29. The zero-order chi connectivity index (χ0) is 15.3.